The Hall–Kier alpha value is -1.86. The molecule has 1 aliphatic rings. The van der Waals surface area contributed by atoms with Crippen LogP contribution in [0.3, 0.4) is 0 Å². The molecule has 26 heavy (non-hydrogen) atoms. The van der Waals surface area contributed by atoms with Crippen LogP contribution in [-0.2, 0) is 4.74 Å². The molecule has 1 fully saturated rings. The monoisotopic (exact) mass is 362 g/mol. The highest BCUT2D eigenvalue weighted by Crippen LogP contribution is 2.14. The molecule has 0 aromatic carbocycles. The van der Waals surface area contributed by atoms with E-state index in [1.165, 1.54) is 0 Å². The van der Waals surface area contributed by atoms with Crippen LogP contribution in [0, 0.1) is 0 Å². The number of nitrogens with zero attached hydrogens (tertiary/aromatic N) is 3. The minimum Gasteiger partial charge on any atom is -0.379 e. The number of pyridine rings is 1. The van der Waals surface area contributed by atoms with Gasteiger partial charge in [-0.3, -0.25) is 9.89 Å². The van der Waals surface area contributed by atoms with Crippen molar-refractivity contribution in [2.45, 2.75) is 32.2 Å². The Morgan fingerprint density at radius 2 is 1.96 bits per heavy atom. The zero-order valence-electron chi connectivity index (χ0n) is 16.4. The molecule has 0 amide bonds. The number of aromatic nitrogens is 1. The van der Waals surface area contributed by atoms with E-state index in [-0.39, 0.29) is 5.54 Å². The van der Waals surface area contributed by atoms with Gasteiger partial charge < -0.3 is 20.7 Å². The molecule has 0 bridgehead atoms. The third-order valence-electron chi connectivity index (χ3n) is 4.65. The summed E-state index contributed by atoms with van der Waals surface area (Å²) in [7, 11) is 1.82. The fourth-order valence-electron chi connectivity index (χ4n) is 2.94. The van der Waals surface area contributed by atoms with Gasteiger partial charge in [-0.1, -0.05) is 6.07 Å². The van der Waals surface area contributed by atoms with Gasteiger partial charge in [0.25, 0.3) is 0 Å². The van der Waals surface area contributed by atoms with E-state index in [9.17, 15) is 0 Å². The summed E-state index contributed by atoms with van der Waals surface area (Å²) in [6, 6.07) is 5.90. The maximum Gasteiger partial charge on any atom is 0.191 e. The maximum absolute atomic E-state index is 5.45. The fourth-order valence-corrected chi connectivity index (χ4v) is 2.94. The quantitative estimate of drug-likeness (QED) is 0.352. The lowest BCUT2D eigenvalue weighted by Gasteiger charge is -2.41. The molecule has 1 aromatic rings. The smallest absolute Gasteiger partial charge is 0.191 e. The number of guanidine groups is 1. The Kier molecular flexibility index (Phi) is 8.64. The predicted molar refractivity (Wildman–Crippen MR) is 108 cm³/mol. The number of ether oxygens (including phenoxy) is 1. The molecule has 0 saturated carbocycles. The molecule has 2 heterocycles. The molecule has 0 radical (unpaired) electrons. The first-order valence-electron chi connectivity index (χ1n) is 9.54. The number of morpholine rings is 1. The van der Waals surface area contributed by atoms with Crippen LogP contribution in [0.25, 0.3) is 0 Å². The van der Waals surface area contributed by atoms with E-state index in [1.54, 1.807) is 6.20 Å². The third-order valence-corrected chi connectivity index (χ3v) is 4.65. The standard InChI is InChI=1S/C19H34N6O/c1-19(2,25-12-14-26-15-13-25)16-24-18(20-3)23-11-7-6-10-22-17-8-4-5-9-21-17/h4-5,8-9H,6-7,10-16H2,1-3H3,(H,21,22)(H2,20,23,24). The van der Waals surface area contributed by atoms with E-state index < -0.39 is 0 Å². The topological polar surface area (TPSA) is 73.8 Å². The van der Waals surface area contributed by atoms with Gasteiger partial charge in [0.2, 0.25) is 0 Å². The number of hydrogen-bond acceptors (Lipinski definition) is 5. The van der Waals surface area contributed by atoms with Gasteiger partial charge in [-0.25, -0.2) is 4.98 Å². The summed E-state index contributed by atoms with van der Waals surface area (Å²) in [5, 5.41) is 10.2. The van der Waals surface area contributed by atoms with Crippen molar-refractivity contribution in [1.29, 1.82) is 0 Å². The van der Waals surface area contributed by atoms with Crippen LogP contribution in [0.4, 0.5) is 5.82 Å². The predicted octanol–water partition coefficient (Wildman–Crippen LogP) is 1.55. The van der Waals surface area contributed by atoms with Crippen molar-refractivity contribution in [1.82, 2.24) is 20.5 Å². The third kappa shape index (κ3) is 7.17. The van der Waals surface area contributed by atoms with Gasteiger partial charge in [0.1, 0.15) is 5.82 Å². The minimum atomic E-state index is 0.0774. The zero-order valence-corrected chi connectivity index (χ0v) is 16.4. The molecule has 1 saturated heterocycles. The lowest BCUT2D eigenvalue weighted by Crippen LogP contribution is -2.56. The van der Waals surface area contributed by atoms with Gasteiger partial charge in [-0.2, -0.15) is 0 Å². The molecular weight excluding hydrogens is 328 g/mol. The highest BCUT2D eigenvalue weighted by atomic mass is 16.5. The molecule has 0 aliphatic carbocycles. The molecule has 3 N–H and O–H groups in total. The summed E-state index contributed by atoms with van der Waals surface area (Å²) >= 11 is 0. The van der Waals surface area contributed by atoms with E-state index in [4.69, 9.17) is 4.74 Å². The Balaban J connectivity index is 1.58. The van der Waals surface area contributed by atoms with Crippen LogP contribution < -0.4 is 16.0 Å². The van der Waals surface area contributed by atoms with Crippen molar-refractivity contribution < 1.29 is 4.74 Å². The first kappa shape index (κ1) is 20.5. The number of unbranched alkanes of at least 4 members (excludes halogenated alkanes) is 1. The van der Waals surface area contributed by atoms with Crippen LogP contribution in [0.5, 0.6) is 0 Å². The van der Waals surface area contributed by atoms with Gasteiger partial charge >= 0.3 is 0 Å². The molecule has 0 spiro atoms. The lowest BCUT2D eigenvalue weighted by molar-refractivity contribution is -0.00833. The molecule has 1 aliphatic heterocycles. The fraction of sp³-hybridized carbons (Fsp3) is 0.684. The summed E-state index contributed by atoms with van der Waals surface area (Å²) in [6.07, 6.45) is 3.96. The van der Waals surface area contributed by atoms with Crippen LogP contribution >= 0.6 is 0 Å². The Morgan fingerprint density at radius 3 is 2.65 bits per heavy atom. The van der Waals surface area contributed by atoms with Gasteiger partial charge in [0.05, 0.1) is 13.2 Å². The van der Waals surface area contributed by atoms with E-state index in [1.807, 2.05) is 25.2 Å². The zero-order chi connectivity index (χ0) is 18.7. The second-order valence-corrected chi connectivity index (χ2v) is 7.11. The number of nitrogens with one attached hydrogen (secondary N) is 3. The van der Waals surface area contributed by atoms with Gasteiger partial charge in [-0.15, -0.1) is 0 Å². The number of anilines is 1. The lowest BCUT2D eigenvalue weighted by atomic mass is 10.0. The molecule has 2 rings (SSSR count). The Bertz CT molecular complexity index is 528. The van der Waals surface area contributed by atoms with Crippen molar-refractivity contribution in [3.8, 4) is 0 Å². The Morgan fingerprint density at radius 1 is 1.19 bits per heavy atom. The van der Waals surface area contributed by atoms with Crippen LogP contribution in [-0.4, -0.2) is 74.4 Å². The van der Waals surface area contributed by atoms with E-state index >= 15 is 0 Å². The molecule has 7 nitrogen and oxygen atoms in total. The van der Waals surface area contributed by atoms with Crippen molar-refractivity contribution in [3.63, 3.8) is 0 Å². The summed E-state index contributed by atoms with van der Waals surface area (Å²) in [5.74, 6) is 1.80. The molecule has 1 aromatic heterocycles. The SMILES string of the molecule is CN=C(NCCCCNc1ccccn1)NCC(C)(C)N1CCOCC1. The average molecular weight is 363 g/mol. The summed E-state index contributed by atoms with van der Waals surface area (Å²) in [4.78, 5) is 11.1. The molecule has 0 atom stereocenters. The van der Waals surface area contributed by atoms with Gasteiger partial charge in [-0.05, 0) is 38.8 Å². The molecule has 7 heteroatoms. The first-order chi connectivity index (χ1) is 12.6. The van der Waals surface area contributed by atoms with Gasteiger partial charge in [0, 0.05) is 51.5 Å². The van der Waals surface area contributed by atoms with Crippen LogP contribution in [0.15, 0.2) is 29.4 Å². The highest BCUT2D eigenvalue weighted by molar-refractivity contribution is 5.79. The second kappa shape index (κ2) is 11.0. The van der Waals surface area contributed by atoms with E-state index in [2.05, 4.69) is 44.7 Å². The van der Waals surface area contributed by atoms with Crippen molar-refractivity contribution in [3.05, 3.63) is 24.4 Å². The maximum atomic E-state index is 5.45. The summed E-state index contributed by atoms with van der Waals surface area (Å²) in [6.45, 7) is 10.8. The number of aliphatic imine (C=N–C) groups is 1. The first-order valence-corrected chi connectivity index (χ1v) is 9.54. The van der Waals surface area contributed by atoms with Crippen molar-refractivity contribution in [2.24, 2.45) is 4.99 Å². The Labute approximate surface area is 157 Å². The second-order valence-electron chi connectivity index (χ2n) is 7.11. The largest absolute Gasteiger partial charge is 0.379 e. The van der Waals surface area contributed by atoms with Crippen LogP contribution in [0.1, 0.15) is 26.7 Å². The van der Waals surface area contributed by atoms with E-state index in [0.717, 1.165) is 70.6 Å². The molecule has 146 valence electrons. The van der Waals surface area contributed by atoms with Gasteiger partial charge in [0.15, 0.2) is 5.96 Å². The van der Waals surface area contributed by atoms with Crippen LogP contribution in [0.2, 0.25) is 0 Å². The minimum absolute atomic E-state index is 0.0774. The summed E-state index contributed by atoms with van der Waals surface area (Å²) < 4.78 is 5.45. The van der Waals surface area contributed by atoms with Crippen molar-refractivity contribution >= 4 is 11.8 Å². The van der Waals surface area contributed by atoms with Crippen molar-refractivity contribution in [2.75, 3.05) is 58.3 Å². The van der Waals surface area contributed by atoms with E-state index in [0.29, 0.717) is 0 Å². The molecule has 0 unspecified atom stereocenters. The molecular formula is C19H34N6O. The number of rotatable bonds is 9. The highest BCUT2D eigenvalue weighted by Gasteiger charge is 2.28. The average Bonchev–Trinajstić information content (AvgIpc) is 2.68. The summed E-state index contributed by atoms with van der Waals surface area (Å²) in [5.41, 5.74) is 0.0774. The normalized spacial score (nSPS) is 16.3. The number of hydrogen-bond donors (Lipinski definition) is 3.